The Balaban J connectivity index is 2.35. The lowest BCUT2D eigenvalue weighted by molar-refractivity contribution is 0.0719. The van der Waals surface area contributed by atoms with E-state index in [2.05, 4.69) is 9.87 Å². The highest BCUT2D eigenvalue weighted by Crippen LogP contribution is 2.00. The van der Waals surface area contributed by atoms with Gasteiger partial charge in [0.25, 0.3) is 0 Å². The number of pyridine rings is 1. The SMILES string of the molecule is CC(C)CONS(=O)(=O)CCc1ccncc1. The summed E-state index contributed by atoms with van der Waals surface area (Å²) in [7, 11) is -3.37. The molecule has 1 aromatic heterocycles. The van der Waals surface area contributed by atoms with Gasteiger partial charge in [0, 0.05) is 12.4 Å². The number of hydrogen-bond donors (Lipinski definition) is 1. The highest BCUT2D eigenvalue weighted by Gasteiger charge is 2.10. The van der Waals surface area contributed by atoms with E-state index in [0.29, 0.717) is 13.0 Å². The molecule has 1 N–H and O–H groups in total. The molecule has 0 aromatic carbocycles. The molecule has 0 fully saturated rings. The van der Waals surface area contributed by atoms with Gasteiger partial charge in [-0.2, -0.15) is 0 Å². The van der Waals surface area contributed by atoms with E-state index in [4.69, 9.17) is 4.84 Å². The lowest BCUT2D eigenvalue weighted by Gasteiger charge is -2.08. The molecule has 0 saturated carbocycles. The van der Waals surface area contributed by atoms with Gasteiger partial charge in [-0.05, 0) is 30.0 Å². The van der Waals surface area contributed by atoms with Crippen molar-refractivity contribution < 1.29 is 13.3 Å². The van der Waals surface area contributed by atoms with Crippen LogP contribution in [0.25, 0.3) is 0 Å². The van der Waals surface area contributed by atoms with Crippen LogP contribution in [-0.2, 0) is 21.3 Å². The zero-order valence-electron chi connectivity index (χ0n) is 10.1. The van der Waals surface area contributed by atoms with Crippen molar-refractivity contribution in [2.24, 2.45) is 5.92 Å². The molecule has 0 aliphatic rings. The topological polar surface area (TPSA) is 68.3 Å². The summed E-state index contributed by atoms with van der Waals surface area (Å²) >= 11 is 0. The Morgan fingerprint density at radius 1 is 1.35 bits per heavy atom. The molecule has 6 heteroatoms. The van der Waals surface area contributed by atoms with Crippen LogP contribution < -0.4 is 4.89 Å². The minimum Gasteiger partial charge on any atom is -0.287 e. The van der Waals surface area contributed by atoms with Crippen LogP contribution in [-0.4, -0.2) is 25.8 Å². The van der Waals surface area contributed by atoms with Crippen LogP contribution in [0.4, 0.5) is 0 Å². The molecule has 1 rings (SSSR count). The maximum Gasteiger partial charge on any atom is 0.233 e. The lowest BCUT2D eigenvalue weighted by Crippen LogP contribution is -2.28. The molecule has 0 bridgehead atoms. The van der Waals surface area contributed by atoms with Crippen molar-refractivity contribution in [3.05, 3.63) is 30.1 Å². The third-order valence-electron chi connectivity index (χ3n) is 2.01. The van der Waals surface area contributed by atoms with Crippen molar-refractivity contribution in [2.45, 2.75) is 20.3 Å². The number of nitrogens with one attached hydrogen (secondary N) is 1. The van der Waals surface area contributed by atoms with Crippen molar-refractivity contribution in [3.8, 4) is 0 Å². The summed E-state index contributed by atoms with van der Waals surface area (Å²) in [5.41, 5.74) is 0.939. The molecular weight excluding hydrogens is 240 g/mol. The number of aryl methyl sites for hydroxylation is 1. The lowest BCUT2D eigenvalue weighted by atomic mass is 10.2. The molecular formula is C11H18N2O3S. The zero-order valence-corrected chi connectivity index (χ0v) is 10.9. The van der Waals surface area contributed by atoms with E-state index in [-0.39, 0.29) is 11.7 Å². The Bertz CT molecular complexity index is 418. The van der Waals surface area contributed by atoms with E-state index in [0.717, 1.165) is 5.56 Å². The second-order valence-electron chi connectivity index (χ2n) is 4.21. The fourth-order valence-electron chi connectivity index (χ4n) is 1.13. The standard InChI is InChI=1S/C11H18N2O3S/c1-10(2)9-16-13-17(14,15)8-5-11-3-6-12-7-4-11/h3-4,6-7,10,13H,5,8-9H2,1-2H3. The number of rotatable bonds is 7. The number of sulfonamides is 1. The normalized spacial score (nSPS) is 11.9. The summed E-state index contributed by atoms with van der Waals surface area (Å²) < 4.78 is 23.1. The number of hydrogen-bond acceptors (Lipinski definition) is 4. The fraction of sp³-hybridized carbons (Fsp3) is 0.545. The van der Waals surface area contributed by atoms with Gasteiger partial charge in [-0.3, -0.25) is 9.82 Å². The van der Waals surface area contributed by atoms with Gasteiger partial charge in [-0.15, -0.1) is 0 Å². The molecule has 0 saturated heterocycles. The van der Waals surface area contributed by atoms with Crippen molar-refractivity contribution in [1.29, 1.82) is 0 Å². The average Bonchev–Trinajstić information content (AvgIpc) is 2.27. The molecule has 0 amide bonds. The summed E-state index contributed by atoms with van der Waals surface area (Å²) in [6.45, 7) is 4.27. The quantitative estimate of drug-likeness (QED) is 0.744. The average molecular weight is 258 g/mol. The zero-order chi connectivity index (χ0) is 12.7. The Morgan fingerprint density at radius 2 is 2.00 bits per heavy atom. The van der Waals surface area contributed by atoms with Gasteiger partial charge in [0.15, 0.2) is 0 Å². The largest absolute Gasteiger partial charge is 0.287 e. The molecule has 0 radical (unpaired) electrons. The summed E-state index contributed by atoms with van der Waals surface area (Å²) in [6, 6.07) is 3.59. The van der Waals surface area contributed by atoms with Crippen molar-refractivity contribution >= 4 is 10.0 Å². The smallest absolute Gasteiger partial charge is 0.233 e. The molecule has 0 spiro atoms. The van der Waals surface area contributed by atoms with Crippen LogP contribution in [0.15, 0.2) is 24.5 Å². The number of nitrogens with zero attached hydrogens (tertiary/aromatic N) is 1. The molecule has 5 nitrogen and oxygen atoms in total. The molecule has 0 unspecified atom stereocenters. The second-order valence-corrected chi connectivity index (χ2v) is 6.02. The van der Waals surface area contributed by atoms with E-state index in [1.54, 1.807) is 24.5 Å². The van der Waals surface area contributed by atoms with Gasteiger partial charge in [0.1, 0.15) is 0 Å². The van der Waals surface area contributed by atoms with Crippen LogP contribution in [0.3, 0.4) is 0 Å². The van der Waals surface area contributed by atoms with Crippen LogP contribution in [0.5, 0.6) is 0 Å². The van der Waals surface area contributed by atoms with Crippen molar-refractivity contribution in [2.75, 3.05) is 12.4 Å². The van der Waals surface area contributed by atoms with Gasteiger partial charge >= 0.3 is 0 Å². The van der Waals surface area contributed by atoms with E-state index in [1.807, 2.05) is 13.8 Å². The maximum absolute atomic E-state index is 11.5. The first-order chi connectivity index (χ1) is 7.99. The Hall–Kier alpha value is -0.980. The van der Waals surface area contributed by atoms with Crippen LogP contribution in [0.1, 0.15) is 19.4 Å². The van der Waals surface area contributed by atoms with E-state index < -0.39 is 10.0 Å². The van der Waals surface area contributed by atoms with E-state index >= 15 is 0 Å². The van der Waals surface area contributed by atoms with E-state index in [9.17, 15) is 8.42 Å². The Morgan fingerprint density at radius 3 is 2.59 bits per heavy atom. The summed E-state index contributed by atoms with van der Waals surface area (Å²) in [5, 5.41) is 0. The Labute approximate surface area is 102 Å². The summed E-state index contributed by atoms with van der Waals surface area (Å²) in [6.07, 6.45) is 3.73. The number of aromatic nitrogens is 1. The molecule has 0 atom stereocenters. The first-order valence-electron chi connectivity index (χ1n) is 5.50. The van der Waals surface area contributed by atoms with E-state index in [1.165, 1.54) is 0 Å². The van der Waals surface area contributed by atoms with Crippen LogP contribution in [0, 0.1) is 5.92 Å². The van der Waals surface area contributed by atoms with Gasteiger partial charge < -0.3 is 0 Å². The molecule has 0 aliphatic heterocycles. The molecule has 96 valence electrons. The van der Waals surface area contributed by atoms with Crippen molar-refractivity contribution in [3.63, 3.8) is 0 Å². The predicted octanol–water partition coefficient (Wildman–Crippen LogP) is 1.13. The Kier molecular flexibility index (Phi) is 5.54. The highest BCUT2D eigenvalue weighted by molar-refractivity contribution is 7.89. The molecule has 1 aromatic rings. The monoisotopic (exact) mass is 258 g/mol. The fourth-order valence-corrected chi connectivity index (χ4v) is 1.97. The second kappa shape index (κ2) is 6.68. The van der Waals surface area contributed by atoms with Gasteiger partial charge in [-0.1, -0.05) is 18.7 Å². The first kappa shape index (κ1) is 14.1. The molecule has 17 heavy (non-hydrogen) atoms. The molecule has 0 aliphatic carbocycles. The van der Waals surface area contributed by atoms with Crippen LogP contribution >= 0.6 is 0 Å². The highest BCUT2D eigenvalue weighted by atomic mass is 32.2. The minimum absolute atomic E-state index is 0.00904. The third-order valence-corrected chi connectivity index (χ3v) is 3.12. The minimum atomic E-state index is -3.37. The van der Waals surface area contributed by atoms with Gasteiger partial charge in [0.2, 0.25) is 10.0 Å². The molecule has 1 heterocycles. The third kappa shape index (κ3) is 6.35. The summed E-state index contributed by atoms with van der Waals surface area (Å²) in [4.78, 5) is 10.9. The first-order valence-corrected chi connectivity index (χ1v) is 7.15. The van der Waals surface area contributed by atoms with Gasteiger partial charge in [-0.25, -0.2) is 8.42 Å². The van der Waals surface area contributed by atoms with Crippen molar-refractivity contribution in [1.82, 2.24) is 9.87 Å². The predicted molar refractivity (Wildman–Crippen MR) is 65.7 cm³/mol. The summed E-state index contributed by atoms with van der Waals surface area (Å²) in [5.74, 6) is 0.299. The maximum atomic E-state index is 11.5. The van der Waals surface area contributed by atoms with Crippen LogP contribution in [0.2, 0.25) is 0 Å². The van der Waals surface area contributed by atoms with Gasteiger partial charge in [0.05, 0.1) is 12.4 Å².